The van der Waals surface area contributed by atoms with Gasteiger partial charge in [-0.3, -0.25) is 0 Å². The quantitative estimate of drug-likeness (QED) is 0.426. The van der Waals surface area contributed by atoms with Crippen LogP contribution >= 0.6 is 0 Å². The van der Waals surface area contributed by atoms with Gasteiger partial charge in [0.15, 0.2) is 0 Å². The molecule has 6 heteroatoms. The summed E-state index contributed by atoms with van der Waals surface area (Å²) in [5.74, 6) is 2.77. The molecule has 1 amide bonds. The monoisotopic (exact) mass is 462 g/mol. The van der Waals surface area contributed by atoms with Crippen LogP contribution < -0.4 is 4.74 Å². The molecule has 6 nitrogen and oxygen atoms in total. The molecule has 180 valence electrons. The van der Waals surface area contributed by atoms with Gasteiger partial charge in [-0.25, -0.2) is 9.78 Å². The maximum Gasteiger partial charge on any atom is 0.410 e. The van der Waals surface area contributed by atoms with Gasteiger partial charge in [0.1, 0.15) is 17.1 Å². The molecule has 0 spiro atoms. The Hall–Kier alpha value is -3.28. The summed E-state index contributed by atoms with van der Waals surface area (Å²) >= 11 is 0. The van der Waals surface area contributed by atoms with Crippen LogP contribution in [0.3, 0.4) is 0 Å². The van der Waals surface area contributed by atoms with Crippen molar-refractivity contribution in [3.05, 3.63) is 71.6 Å². The van der Waals surface area contributed by atoms with Crippen molar-refractivity contribution in [3.8, 4) is 17.2 Å². The smallest absolute Gasteiger partial charge is 0.410 e. The van der Waals surface area contributed by atoms with Gasteiger partial charge in [0.2, 0.25) is 5.89 Å². The first kappa shape index (κ1) is 23.9. The molecular formula is C28H34N2O4. The Balaban J connectivity index is 1.23. The van der Waals surface area contributed by atoms with E-state index in [0.717, 1.165) is 48.7 Å². The van der Waals surface area contributed by atoms with E-state index in [1.54, 1.807) is 0 Å². The molecular weight excluding hydrogens is 428 g/mol. The summed E-state index contributed by atoms with van der Waals surface area (Å²) in [6.07, 6.45) is 2.42. The SMILES string of the molecule is Cc1oc(-c2ccccc2)nc1CCOc1ccc(C[C@H]2CCN(C(=O)OC(C)(C)C)C2)cc1. The van der Waals surface area contributed by atoms with Crippen molar-refractivity contribution in [2.45, 2.75) is 52.6 Å². The van der Waals surface area contributed by atoms with Gasteiger partial charge in [-0.15, -0.1) is 0 Å². The number of hydrogen-bond donors (Lipinski definition) is 0. The van der Waals surface area contributed by atoms with Crippen LogP contribution in [0, 0.1) is 12.8 Å². The van der Waals surface area contributed by atoms with Gasteiger partial charge >= 0.3 is 6.09 Å². The van der Waals surface area contributed by atoms with Crippen molar-refractivity contribution in [3.63, 3.8) is 0 Å². The molecule has 1 aliphatic rings. The Labute approximate surface area is 201 Å². The van der Waals surface area contributed by atoms with E-state index in [1.165, 1.54) is 5.56 Å². The molecule has 0 bridgehead atoms. The second kappa shape index (κ2) is 10.3. The number of amides is 1. The van der Waals surface area contributed by atoms with Crippen molar-refractivity contribution in [1.29, 1.82) is 0 Å². The van der Waals surface area contributed by atoms with Gasteiger partial charge in [0.05, 0.1) is 12.3 Å². The minimum absolute atomic E-state index is 0.211. The predicted molar refractivity (Wildman–Crippen MR) is 132 cm³/mol. The number of carbonyl (C=O) groups is 1. The second-order valence-corrected chi connectivity index (χ2v) is 9.92. The lowest BCUT2D eigenvalue weighted by molar-refractivity contribution is 0.0288. The lowest BCUT2D eigenvalue weighted by atomic mass is 9.99. The lowest BCUT2D eigenvalue weighted by Crippen LogP contribution is -2.35. The molecule has 1 aliphatic heterocycles. The molecule has 1 atom stereocenters. The van der Waals surface area contributed by atoms with E-state index < -0.39 is 5.60 Å². The number of hydrogen-bond acceptors (Lipinski definition) is 5. The first-order valence-electron chi connectivity index (χ1n) is 12.0. The minimum atomic E-state index is -0.457. The molecule has 0 saturated carbocycles. The van der Waals surface area contributed by atoms with Crippen LogP contribution in [-0.4, -0.2) is 41.3 Å². The molecule has 2 aromatic carbocycles. The molecule has 2 heterocycles. The highest BCUT2D eigenvalue weighted by molar-refractivity contribution is 5.68. The number of nitrogens with zero attached hydrogens (tertiary/aromatic N) is 2. The van der Waals surface area contributed by atoms with E-state index >= 15 is 0 Å². The number of benzene rings is 2. The van der Waals surface area contributed by atoms with Gasteiger partial charge in [0, 0.05) is 25.1 Å². The number of carbonyl (C=O) groups excluding carboxylic acids is 1. The zero-order valence-electron chi connectivity index (χ0n) is 20.5. The van der Waals surface area contributed by atoms with Gasteiger partial charge in [-0.1, -0.05) is 30.3 Å². The zero-order chi connectivity index (χ0) is 24.1. The Morgan fingerprint density at radius 2 is 1.85 bits per heavy atom. The number of likely N-dealkylation sites (tertiary alicyclic amines) is 1. The van der Waals surface area contributed by atoms with Crippen LogP contribution in [0.1, 0.15) is 44.2 Å². The standard InChI is InChI=1S/C28H34N2O4/c1-20-25(29-26(33-20)23-8-6-5-7-9-23)15-17-32-24-12-10-21(11-13-24)18-22-14-16-30(19-22)27(31)34-28(2,3)4/h5-13,22H,14-19H2,1-4H3/t22-/m1/s1. The number of aromatic nitrogens is 1. The molecule has 0 aliphatic carbocycles. The van der Waals surface area contributed by atoms with Crippen molar-refractivity contribution >= 4 is 6.09 Å². The molecule has 0 radical (unpaired) electrons. The van der Waals surface area contributed by atoms with E-state index in [0.29, 0.717) is 24.8 Å². The average Bonchev–Trinajstić information content (AvgIpc) is 3.41. The topological polar surface area (TPSA) is 64.8 Å². The van der Waals surface area contributed by atoms with Gasteiger partial charge in [-0.05, 0) is 76.3 Å². The first-order chi connectivity index (χ1) is 16.3. The van der Waals surface area contributed by atoms with Crippen molar-refractivity contribution < 1.29 is 18.7 Å². The Bertz CT molecular complexity index is 1080. The van der Waals surface area contributed by atoms with Crippen molar-refractivity contribution in [1.82, 2.24) is 9.88 Å². The summed E-state index contributed by atoms with van der Waals surface area (Å²) in [4.78, 5) is 18.7. The third kappa shape index (κ3) is 6.40. The fraction of sp³-hybridized carbons (Fsp3) is 0.429. The summed E-state index contributed by atoms with van der Waals surface area (Å²) in [7, 11) is 0. The largest absolute Gasteiger partial charge is 0.493 e. The maximum atomic E-state index is 12.3. The molecule has 4 rings (SSSR count). The number of rotatable bonds is 7. The van der Waals surface area contributed by atoms with E-state index in [1.807, 2.05) is 75.1 Å². The third-order valence-electron chi connectivity index (χ3n) is 5.91. The highest BCUT2D eigenvalue weighted by Crippen LogP contribution is 2.25. The van der Waals surface area contributed by atoms with Crippen molar-refractivity contribution in [2.24, 2.45) is 5.92 Å². The number of oxazole rings is 1. The van der Waals surface area contributed by atoms with Crippen LogP contribution in [0.25, 0.3) is 11.5 Å². The fourth-order valence-corrected chi connectivity index (χ4v) is 4.18. The van der Waals surface area contributed by atoms with Crippen LogP contribution in [0.4, 0.5) is 4.79 Å². The summed E-state index contributed by atoms with van der Waals surface area (Å²) in [5.41, 5.74) is 2.70. The second-order valence-electron chi connectivity index (χ2n) is 9.92. The molecule has 0 unspecified atom stereocenters. The molecule has 0 N–H and O–H groups in total. The van der Waals surface area contributed by atoms with E-state index in [-0.39, 0.29) is 6.09 Å². The summed E-state index contributed by atoms with van der Waals surface area (Å²) < 4.78 is 17.3. The molecule has 1 fully saturated rings. The lowest BCUT2D eigenvalue weighted by Gasteiger charge is -2.24. The highest BCUT2D eigenvalue weighted by Gasteiger charge is 2.29. The van der Waals surface area contributed by atoms with Crippen LogP contribution in [-0.2, 0) is 17.6 Å². The predicted octanol–water partition coefficient (Wildman–Crippen LogP) is 6.07. The molecule has 34 heavy (non-hydrogen) atoms. The van der Waals surface area contributed by atoms with E-state index in [4.69, 9.17) is 13.9 Å². The number of ether oxygens (including phenoxy) is 2. The van der Waals surface area contributed by atoms with Crippen LogP contribution in [0.15, 0.2) is 59.0 Å². The average molecular weight is 463 g/mol. The maximum absolute atomic E-state index is 12.3. The number of aryl methyl sites for hydroxylation is 1. The van der Waals surface area contributed by atoms with Crippen LogP contribution in [0.5, 0.6) is 5.75 Å². The summed E-state index contributed by atoms with van der Waals surface area (Å²) in [6.45, 7) is 9.68. The van der Waals surface area contributed by atoms with Crippen molar-refractivity contribution in [2.75, 3.05) is 19.7 Å². The summed E-state index contributed by atoms with van der Waals surface area (Å²) in [6, 6.07) is 18.2. The van der Waals surface area contributed by atoms with Crippen LogP contribution in [0.2, 0.25) is 0 Å². The Morgan fingerprint density at radius 1 is 1.12 bits per heavy atom. The third-order valence-corrected chi connectivity index (χ3v) is 5.91. The molecule has 1 saturated heterocycles. The van der Waals surface area contributed by atoms with E-state index in [9.17, 15) is 4.79 Å². The highest BCUT2D eigenvalue weighted by atomic mass is 16.6. The molecule has 3 aromatic rings. The van der Waals surface area contributed by atoms with Gasteiger partial charge in [0.25, 0.3) is 0 Å². The van der Waals surface area contributed by atoms with Gasteiger partial charge < -0.3 is 18.8 Å². The summed E-state index contributed by atoms with van der Waals surface area (Å²) in [5, 5.41) is 0. The Morgan fingerprint density at radius 3 is 2.56 bits per heavy atom. The minimum Gasteiger partial charge on any atom is -0.493 e. The molecule has 1 aromatic heterocycles. The van der Waals surface area contributed by atoms with Gasteiger partial charge in [-0.2, -0.15) is 0 Å². The normalized spacial score (nSPS) is 16.0. The van der Waals surface area contributed by atoms with E-state index in [2.05, 4.69) is 17.1 Å². The Kier molecular flexibility index (Phi) is 7.25. The first-order valence-corrected chi connectivity index (χ1v) is 12.0. The zero-order valence-corrected chi connectivity index (χ0v) is 20.5. The fourth-order valence-electron chi connectivity index (χ4n) is 4.18.